The van der Waals surface area contributed by atoms with Crippen LogP contribution in [-0.2, 0) is 9.47 Å². The van der Waals surface area contributed by atoms with E-state index in [4.69, 9.17) is 20.9 Å². The maximum absolute atomic E-state index is 5.74. The van der Waals surface area contributed by atoms with Crippen LogP contribution in [0.2, 0.25) is 18.6 Å². The van der Waals surface area contributed by atoms with Crippen molar-refractivity contribution >= 4 is 8.07 Å². The molecule has 5 heteroatoms. The molecule has 0 aromatic rings. The molecule has 4 nitrogen and oxygen atoms in total. The van der Waals surface area contributed by atoms with Crippen molar-refractivity contribution in [2.45, 2.75) is 44.8 Å². The normalized spacial score (nSPS) is 15.4. The molecule has 0 fully saturated rings. The molecule has 1 atom stereocenters. The van der Waals surface area contributed by atoms with Crippen LogP contribution in [0.25, 0.3) is 0 Å². The first kappa shape index (κ1) is 16.1. The fourth-order valence-electron chi connectivity index (χ4n) is 1.95. The fourth-order valence-corrected chi connectivity index (χ4v) is 5.48. The topological polar surface area (TPSA) is 70.5 Å². The Labute approximate surface area is 101 Å². The van der Waals surface area contributed by atoms with E-state index < -0.39 is 8.07 Å². The van der Waals surface area contributed by atoms with Gasteiger partial charge in [-0.1, -0.05) is 12.6 Å². The van der Waals surface area contributed by atoms with Crippen molar-refractivity contribution in [2.24, 2.45) is 11.5 Å². The molecule has 98 valence electrons. The number of hydrogen-bond donors (Lipinski definition) is 2. The Hall–Kier alpha value is 0.0569. The summed E-state index contributed by atoms with van der Waals surface area (Å²) in [4.78, 5) is 0. The largest absolute Gasteiger partial charge is 0.357 e. The standard InChI is InChI=1S/C11H28N2O2Si/c1-4-14-11(15-5-2)16(3,10-8-13)9-6-7-12/h11H,4-10,12-13H2,1-3H3. The minimum Gasteiger partial charge on any atom is -0.357 e. The molecule has 0 aliphatic heterocycles. The van der Waals surface area contributed by atoms with Crippen LogP contribution in [0.5, 0.6) is 0 Å². The number of rotatable bonds is 10. The second-order valence-electron chi connectivity index (χ2n) is 4.33. The monoisotopic (exact) mass is 248 g/mol. The van der Waals surface area contributed by atoms with Gasteiger partial charge in [0.25, 0.3) is 0 Å². The molecule has 0 saturated heterocycles. The zero-order valence-corrected chi connectivity index (χ0v) is 12.0. The molecule has 0 rings (SSSR count). The van der Waals surface area contributed by atoms with Gasteiger partial charge in [0.05, 0.1) is 0 Å². The van der Waals surface area contributed by atoms with Gasteiger partial charge in [-0.3, -0.25) is 0 Å². The van der Waals surface area contributed by atoms with Crippen LogP contribution < -0.4 is 11.5 Å². The summed E-state index contributed by atoms with van der Waals surface area (Å²) in [5, 5.41) is 0. The number of ether oxygens (including phenoxy) is 2. The average Bonchev–Trinajstić information content (AvgIpc) is 2.26. The molecule has 0 bridgehead atoms. The van der Waals surface area contributed by atoms with E-state index in [0.717, 1.165) is 25.1 Å². The van der Waals surface area contributed by atoms with Gasteiger partial charge in [0.1, 0.15) is 14.0 Å². The molecule has 0 aliphatic rings. The lowest BCUT2D eigenvalue weighted by atomic mass is 10.5. The lowest BCUT2D eigenvalue weighted by Gasteiger charge is -2.34. The van der Waals surface area contributed by atoms with Crippen LogP contribution in [0.1, 0.15) is 20.3 Å². The van der Waals surface area contributed by atoms with E-state index in [1.165, 1.54) is 0 Å². The second-order valence-corrected chi connectivity index (χ2v) is 9.11. The third kappa shape index (κ3) is 5.40. The molecular formula is C11H28N2O2Si. The first-order chi connectivity index (χ1) is 7.64. The molecule has 1 unspecified atom stereocenters. The van der Waals surface area contributed by atoms with Crippen molar-refractivity contribution in [3.05, 3.63) is 0 Å². The van der Waals surface area contributed by atoms with Crippen molar-refractivity contribution in [2.75, 3.05) is 26.3 Å². The summed E-state index contributed by atoms with van der Waals surface area (Å²) < 4.78 is 11.5. The van der Waals surface area contributed by atoms with Crippen LogP contribution in [0.3, 0.4) is 0 Å². The molecule has 0 amide bonds. The zero-order chi connectivity index (χ0) is 12.4. The summed E-state index contributed by atoms with van der Waals surface area (Å²) in [6.07, 6.45) is 1.04. The second kappa shape index (κ2) is 9.12. The van der Waals surface area contributed by atoms with Gasteiger partial charge in [-0.2, -0.15) is 0 Å². The number of hydrogen-bond acceptors (Lipinski definition) is 4. The smallest absolute Gasteiger partial charge is 0.141 e. The predicted octanol–water partition coefficient (Wildman–Crippen LogP) is 1.31. The third-order valence-electron chi connectivity index (χ3n) is 2.87. The summed E-state index contributed by atoms with van der Waals surface area (Å²) in [5.41, 5.74) is 11.3. The van der Waals surface area contributed by atoms with Crippen molar-refractivity contribution in [1.29, 1.82) is 0 Å². The molecule has 0 aromatic carbocycles. The van der Waals surface area contributed by atoms with Crippen LogP contribution >= 0.6 is 0 Å². The SMILES string of the molecule is CCOC(OCC)[Si](C)(CCN)CCCN. The van der Waals surface area contributed by atoms with Crippen molar-refractivity contribution < 1.29 is 9.47 Å². The highest BCUT2D eigenvalue weighted by Gasteiger charge is 2.36. The van der Waals surface area contributed by atoms with Gasteiger partial charge in [-0.05, 0) is 39.4 Å². The maximum Gasteiger partial charge on any atom is 0.141 e. The maximum atomic E-state index is 5.74. The van der Waals surface area contributed by atoms with Crippen molar-refractivity contribution in [3.63, 3.8) is 0 Å². The minimum absolute atomic E-state index is 0.0300. The van der Waals surface area contributed by atoms with E-state index in [1.54, 1.807) is 0 Å². The van der Waals surface area contributed by atoms with E-state index in [0.29, 0.717) is 19.8 Å². The molecule has 0 saturated carbocycles. The predicted molar refractivity (Wildman–Crippen MR) is 71.0 cm³/mol. The van der Waals surface area contributed by atoms with Crippen LogP contribution in [0.15, 0.2) is 0 Å². The van der Waals surface area contributed by atoms with Gasteiger partial charge in [0, 0.05) is 13.2 Å². The molecule has 0 aromatic heterocycles. The summed E-state index contributed by atoms with van der Waals surface area (Å²) in [7, 11) is -1.59. The van der Waals surface area contributed by atoms with Gasteiger partial charge >= 0.3 is 0 Å². The molecule has 16 heavy (non-hydrogen) atoms. The Morgan fingerprint density at radius 1 is 1.00 bits per heavy atom. The van der Waals surface area contributed by atoms with Gasteiger partial charge < -0.3 is 20.9 Å². The first-order valence-corrected chi connectivity index (χ1v) is 9.27. The van der Waals surface area contributed by atoms with Gasteiger partial charge in [0.2, 0.25) is 0 Å². The molecular weight excluding hydrogens is 220 g/mol. The Morgan fingerprint density at radius 2 is 1.56 bits per heavy atom. The average molecular weight is 248 g/mol. The summed E-state index contributed by atoms with van der Waals surface area (Å²) in [6, 6.07) is 2.17. The van der Waals surface area contributed by atoms with Crippen LogP contribution in [0, 0.1) is 0 Å². The lowest BCUT2D eigenvalue weighted by Crippen LogP contribution is -2.49. The molecule has 4 N–H and O–H groups in total. The first-order valence-electron chi connectivity index (χ1n) is 6.28. The molecule has 0 heterocycles. The number of nitrogens with two attached hydrogens (primary N) is 2. The Balaban J connectivity index is 4.50. The van der Waals surface area contributed by atoms with Crippen molar-refractivity contribution in [3.8, 4) is 0 Å². The lowest BCUT2D eigenvalue weighted by molar-refractivity contribution is -0.0888. The summed E-state index contributed by atoms with van der Waals surface area (Å²) in [6.45, 7) is 9.16. The van der Waals surface area contributed by atoms with E-state index in [9.17, 15) is 0 Å². The summed E-state index contributed by atoms with van der Waals surface area (Å²) >= 11 is 0. The zero-order valence-electron chi connectivity index (χ0n) is 11.0. The van der Waals surface area contributed by atoms with E-state index in [-0.39, 0.29) is 5.91 Å². The molecule has 0 radical (unpaired) electrons. The van der Waals surface area contributed by atoms with Crippen LogP contribution in [0.4, 0.5) is 0 Å². The third-order valence-corrected chi connectivity index (χ3v) is 7.27. The van der Waals surface area contributed by atoms with E-state index >= 15 is 0 Å². The molecule has 0 aliphatic carbocycles. The summed E-state index contributed by atoms with van der Waals surface area (Å²) in [5.74, 6) is -0.0300. The highest BCUT2D eigenvalue weighted by atomic mass is 28.3. The highest BCUT2D eigenvalue weighted by molar-refractivity contribution is 6.79. The van der Waals surface area contributed by atoms with Crippen LogP contribution in [-0.4, -0.2) is 40.3 Å². The Bertz CT molecular complexity index is 166. The molecule has 0 spiro atoms. The Kier molecular flexibility index (Phi) is 9.16. The van der Waals surface area contributed by atoms with Gasteiger partial charge in [0.15, 0.2) is 0 Å². The van der Waals surface area contributed by atoms with Crippen molar-refractivity contribution in [1.82, 2.24) is 0 Å². The quantitative estimate of drug-likeness (QED) is 0.452. The van der Waals surface area contributed by atoms with Gasteiger partial charge in [-0.15, -0.1) is 0 Å². The fraction of sp³-hybridized carbons (Fsp3) is 1.00. The van der Waals surface area contributed by atoms with E-state index in [1.807, 2.05) is 13.8 Å². The Morgan fingerprint density at radius 3 is 1.94 bits per heavy atom. The van der Waals surface area contributed by atoms with Gasteiger partial charge in [-0.25, -0.2) is 0 Å². The highest BCUT2D eigenvalue weighted by Crippen LogP contribution is 2.24. The van der Waals surface area contributed by atoms with E-state index in [2.05, 4.69) is 6.55 Å². The minimum atomic E-state index is -1.59.